The topological polar surface area (TPSA) is 107 Å². The summed E-state index contributed by atoms with van der Waals surface area (Å²) in [5.74, 6) is -1.02. The van der Waals surface area contributed by atoms with Gasteiger partial charge in [-0.15, -0.1) is 0 Å². The number of phenolic OH excluding ortho intramolecular Hbond substituents is 1. The van der Waals surface area contributed by atoms with Crippen LogP contribution in [0.5, 0.6) is 11.5 Å². The van der Waals surface area contributed by atoms with Gasteiger partial charge in [-0.25, -0.2) is 8.42 Å². The van der Waals surface area contributed by atoms with Gasteiger partial charge < -0.3 is 14.4 Å². The van der Waals surface area contributed by atoms with Crippen molar-refractivity contribution in [2.75, 3.05) is 19.4 Å². The molecule has 0 radical (unpaired) electrons. The number of amides is 1. The van der Waals surface area contributed by atoms with E-state index in [0.29, 0.717) is 10.0 Å². The number of thioether (sulfide) groups is 1. The summed E-state index contributed by atoms with van der Waals surface area (Å²) in [7, 11) is -3.04. The predicted octanol–water partition coefficient (Wildman–Crippen LogP) is 1.91. The highest BCUT2D eigenvalue weighted by Crippen LogP contribution is 2.38. The molecule has 0 unspecified atom stereocenters. The number of carbonyl (C=O) groups is 1. The van der Waals surface area contributed by atoms with Gasteiger partial charge in [0.05, 0.1) is 32.4 Å². The van der Waals surface area contributed by atoms with E-state index in [-0.39, 0.29) is 27.3 Å². The molecule has 0 aliphatic carbocycles. The van der Waals surface area contributed by atoms with Crippen LogP contribution in [0.25, 0.3) is 6.08 Å². The summed E-state index contributed by atoms with van der Waals surface area (Å²) in [5, 5.41) is 9.78. The van der Waals surface area contributed by atoms with E-state index in [2.05, 4.69) is 15.9 Å². The normalized spacial score (nSPS) is 17.0. The molecule has 0 saturated carbocycles. The monoisotopic (exact) mass is 452 g/mol. The lowest BCUT2D eigenvalue weighted by molar-refractivity contribution is -0.121. The van der Waals surface area contributed by atoms with E-state index in [4.69, 9.17) is 17.0 Å². The second kappa shape index (κ2) is 7.40. The lowest BCUT2D eigenvalue weighted by Gasteiger charge is -2.15. The molecule has 1 N–H and O–H groups in total. The van der Waals surface area contributed by atoms with Crippen molar-refractivity contribution >= 4 is 66.3 Å². The number of hydrogen-bond acceptors (Lipinski definition) is 8. The Hall–Kier alpha value is -1.14. The molecule has 0 bridgehead atoms. The van der Waals surface area contributed by atoms with Crippen LogP contribution in [0.3, 0.4) is 0 Å². The second-order valence-electron chi connectivity index (χ2n) is 4.65. The molecule has 0 aromatic heterocycles. The fraction of sp³-hybridized carbons (Fsp3) is 0.231. The van der Waals surface area contributed by atoms with Gasteiger partial charge in [-0.2, -0.15) is 0 Å². The van der Waals surface area contributed by atoms with Crippen molar-refractivity contribution in [3.63, 3.8) is 0 Å². The molecule has 1 aromatic rings. The zero-order valence-electron chi connectivity index (χ0n) is 12.2. The summed E-state index contributed by atoms with van der Waals surface area (Å²) in [4.78, 5) is 13.7. The Bertz CT molecular complexity index is 836. The van der Waals surface area contributed by atoms with Gasteiger partial charge in [0.1, 0.15) is 4.32 Å². The third-order valence-electron chi connectivity index (χ3n) is 3.01. The van der Waals surface area contributed by atoms with Crippen LogP contribution in [0, 0.1) is 0 Å². The van der Waals surface area contributed by atoms with Gasteiger partial charge in [-0.1, -0.05) is 24.0 Å². The van der Waals surface area contributed by atoms with Crippen LogP contribution in [0.4, 0.5) is 0 Å². The Morgan fingerprint density at radius 2 is 2.17 bits per heavy atom. The van der Waals surface area contributed by atoms with E-state index in [1.54, 1.807) is 6.07 Å². The van der Waals surface area contributed by atoms with Gasteiger partial charge in [-0.3, -0.25) is 9.69 Å². The van der Waals surface area contributed by atoms with Crippen LogP contribution in [0.1, 0.15) is 5.56 Å². The molecule has 1 amide bonds. The van der Waals surface area contributed by atoms with Crippen LogP contribution in [0.2, 0.25) is 0 Å². The summed E-state index contributed by atoms with van der Waals surface area (Å²) >= 11 is 9.24. The summed E-state index contributed by atoms with van der Waals surface area (Å²) in [6, 6.07) is 3.13. The first kappa shape index (κ1) is 19.2. The number of phenols is 1. The number of aromatic hydroxyl groups is 1. The minimum absolute atomic E-state index is 0.0668. The van der Waals surface area contributed by atoms with Crippen LogP contribution < -0.4 is 4.74 Å². The van der Waals surface area contributed by atoms with Crippen molar-refractivity contribution in [2.45, 2.75) is 0 Å². The van der Waals surface area contributed by atoms with Gasteiger partial charge in [0.25, 0.3) is 5.91 Å². The molecule has 0 spiro atoms. The maximum absolute atomic E-state index is 12.3. The maximum Gasteiger partial charge on any atom is 0.266 e. The first-order chi connectivity index (χ1) is 11.1. The molecule has 0 atom stereocenters. The molecule has 11 heteroatoms. The summed E-state index contributed by atoms with van der Waals surface area (Å²) in [6.45, 7) is -0.281. The molecule has 1 aliphatic rings. The summed E-state index contributed by atoms with van der Waals surface area (Å²) < 4.78 is 37.7. The quantitative estimate of drug-likeness (QED) is 0.410. The third kappa shape index (κ3) is 4.48. The first-order valence-electron chi connectivity index (χ1n) is 6.38. The van der Waals surface area contributed by atoms with Gasteiger partial charge in [0.2, 0.25) is 0 Å². The standard InChI is InChI=1S/C13H12BrNO6S3/c1-21-9-5-7(4-8(14)11(9)16)6-10-12(17)15(13(22)23-10)2-3-24(18,19)20/h4-6,16H,2-3H2,1H3,(H,18,19,20)/p-1/b10-6-. The molecular weight excluding hydrogens is 442 g/mol. The molecular formula is C13H11BrNO6S3-. The van der Waals surface area contributed by atoms with Crippen molar-refractivity contribution in [1.29, 1.82) is 0 Å². The van der Waals surface area contributed by atoms with E-state index in [1.165, 1.54) is 19.3 Å². The smallest absolute Gasteiger partial charge is 0.266 e. The highest BCUT2D eigenvalue weighted by atomic mass is 79.9. The average molecular weight is 453 g/mol. The van der Waals surface area contributed by atoms with E-state index < -0.39 is 21.8 Å². The van der Waals surface area contributed by atoms with Crippen LogP contribution in [0.15, 0.2) is 21.5 Å². The van der Waals surface area contributed by atoms with Gasteiger partial charge in [0, 0.05) is 6.54 Å². The molecule has 2 rings (SSSR count). The fourth-order valence-corrected chi connectivity index (χ4v) is 4.05. The molecule has 7 nitrogen and oxygen atoms in total. The number of nitrogens with zero attached hydrogens (tertiary/aromatic N) is 1. The molecule has 1 fully saturated rings. The van der Waals surface area contributed by atoms with E-state index in [1.807, 2.05) is 0 Å². The maximum atomic E-state index is 12.3. The van der Waals surface area contributed by atoms with Crippen molar-refractivity contribution in [2.24, 2.45) is 0 Å². The second-order valence-corrected chi connectivity index (χ2v) is 8.70. The number of ether oxygens (including phenoxy) is 1. The number of rotatable bonds is 5. The Labute approximate surface area is 156 Å². The average Bonchev–Trinajstić information content (AvgIpc) is 2.74. The van der Waals surface area contributed by atoms with Gasteiger partial charge in [-0.05, 0) is 39.7 Å². The Balaban J connectivity index is 2.27. The lowest BCUT2D eigenvalue weighted by Crippen LogP contribution is -2.32. The molecule has 1 heterocycles. The van der Waals surface area contributed by atoms with Crippen molar-refractivity contribution < 1.29 is 27.6 Å². The van der Waals surface area contributed by atoms with Crippen molar-refractivity contribution in [3.8, 4) is 11.5 Å². The molecule has 1 saturated heterocycles. The molecule has 1 aliphatic heterocycles. The minimum atomic E-state index is -4.44. The van der Waals surface area contributed by atoms with E-state index in [9.17, 15) is 22.9 Å². The highest BCUT2D eigenvalue weighted by Gasteiger charge is 2.32. The number of thiocarbonyl (C=S) groups is 1. The Kier molecular flexibility index (Phi) is 5.91. The number of halogens is 1. The van der Waals surface area contributed by atoms with E-state index >= 15 is 0 Å². The minimum Gasteiger partial charge on any atom is -0.748 e. The van der Waals surface area contributed by atoms with Crippen LogP contribution >= 0.6 is 39.9 Å². The predicted molar refractivity (Wildman–Crippen MR) is 96.8 cm³/mol. The highest BCUT2D eigenvalue weighted by molar-refractivity contribution is 9.10. The van der Waals surface area contributed by atoms with E-state index in [0.717, 1.165) is 16.7 Å². The van der Waals surface area contributed by atoms with Crippen LogP contribution in [-0.4, -0.2) is 52.6 Å². The zero-order chi connectivity index (χ0) is 18.1. The largest absolute Gasteiger partial charge is 0.748 e. The van der Waals surface area contributed by atoms with Gasteiger partial charge >= 0.3 is 0 Å². The number of carbonyl (C=O) groups excluding carboxylic acids is 1. The number of hydrogen-bond donors (Lipinski definition) is 1. The first-order valence-corrected chi connectivity index (χ1v) is 9.97. The van der Waals surface area contributed by atoms with Crippen LogP contribution in [-0.2, 0) is 14.9 Å². The number of methoxy groups -OCH3 is 1. The zero-order valence-corrected chi connectivity index (χ0v) is 16.2. The molecule has 1 aromatic carbocycles. The van der Waals surface area contributed by atoms with Crippen molar-refractivity contribution in [3.05, 3.63) is 27.1 Å². The Morgan fingerprint density at radius 3 is 2.75 bits per heavy atom. The summed E-state index contributed by atoms with van der Waals surface area (Å²) in [6.07, 6.45) is 1.54. The number of benzene rings is 1. The fourth-order valence-electron chi connectivity index (χ4n) is 1.88. The van der Waals surface area contributed by atoms with Gasteiger partial charge in [0.15, 0.2) is 11.5 Å². The third-order valence-corrected chi connectivity index (χ3v) is 5.67. The molecule has 24 heavy (non-hydrogen) atoms. The SMILES string of the molecule is COc1cc(/C=C2\SC(=S)N(CCS(=O)(=O)[O-])C2=O)cc(Br)c1O. The lowest BCUT2D eigenvalue weighted by atomic mass is 10.2. The Morgan fingerprint density at radius 1 is 1.50 bits per heavy atom. The molecule has 130 valence electrons. The summed E-state index contributed by atoms with van der Waals surface area (Å²) in [5.41, 5.74) is 0.577. The van der Waals surface area contributed by atoms with Crippen molar-refractivity contribution in [1.82, 2.24) is 4.90 Å².